The van der Waals surface area contributed by atoms with Gasteiger partial charge < -0.3 is 10.3 Å². The molecule has 0 N–H and O–H groups in total. The molecular weight excluding hydrogens is 264 g/mol. The van der Waals surface area contributed by atoms with Gasteiger partial charge in [-0.05, 0) is 12.0 Å². The van der Waals surface area contributed by atoms with E-state index in [0.717, 1.165) is 6.42 Å². The first kappa shape index (κ1) is 18.1. The van der Waals surface area contributed by atoms with Crippen molar-refractivity contribution < 1.29 is 29.7 Å². The Hall–Kier alpha value is -0.246. The molecule has 0 radical (unpaired) electrons. The summed E-state index contributed by atoms with van der Waals surface area (Å²) in [6, 6.07) is 0. The third-order valence-electron chi connectivity index (χ3n) is 1.38. The number of alkyl halides is 3. The van der Waals surface area contributed by atoms with Crippen molar-refractivity contribution in [3.8, 4) is 0 Å². The Labute approximate surface area is 105 Å². The van der Waals surface area contributed by atoms with Crippen LogP contribution in [-0.2, 0) is 16.5 Å². The molecule has 16 heavy (non-hydrogen) atoms. The van der Waals surface area contributed by atoms with Crippen LogP contribution in [0.25, 0.3) is 5.32 Å². The number of amidine groups is 1. The third-order valence-corrected chi connectivity index (χ3v) is 1.38. The second-order valence-electron chi connectivity index (χ2n) is 4.38. The van der Waals surface area contributed by atoms with Crippen LogP contribution in [0.5, 0.6) is 0 Å². The first-order chi connectivity index (χ1) is 6.64. The number of halogens is 3. The zero-order valence-corrected chi connectivity index (χ0v) is 11.0. The predicted molar refractivity (Wildman–Crippen MR) is 56.4 cm³/mol. The fourth-order valence-corrected chi connectivity index (χ4v) is 0.962. The molecule has 0 saturated carbocycles. The molecule has 2 nitrogen and oxygen atoms in total. The molecule has 0 heterocycles. The monoisotopic (exact) mass is 281 g/mol. The van der Waals surface area contributed by atoms with Crippen LogP contribution in [-0.4, -0.2) is 24.1 Å². The number of rotatable bonds is 3. The average Bonchev–Trinajstić information content (AvgIpc) is 1.96. The van der Waals surface area contributed by atoms with Gasteiger partial charge in [-0.3, -0.25) is 0 Å². The van der Waals surface area contributed by atoms with E-state index in [-0.39, 0.29) is 22.0 Å². The Morgan fingerprint density at radius 3 is 2.00 bits per heavy atom. The maximum absolute atomic E-state index is 11.9. The summed E-state index contributed by atoms with van der Waals surface area (Å²) in [7, 11) is 0. The van der Waals surface area contributed by atoms with Crippen LogP contribution in [0.4, 0.5) is 13.2 Å². The molecule has 0 unspecified atom stereocenters. The molecule has 0 atom stereocenters. The Morgan fingerprint density at radius 2 is 1.69 bits per heavy atom. The quantitative estimate of drug-likeness (QED) is 0.426. The van der Waals surface area contributed by atoms with Gasteiger partial charge in [-0.15, -0.1) is 0 Å². The first-order valence-corrected chi connectivity index (χ1v) is 4.97. The smallest absolute Gasteiger partial charge is 0.388 e. The summed E-state index contributed by atoms with van der Waals surface area (Å²) in [6.07, 6.45) is -3.00. The SMILES string of the molecule is CCCC(=NC(C)(C)C)[N-]CC(F)(F)F.[Ni]. The summed E-state index contributed by atoms with van der Waals surface area (Å²) in [5, 5.41) is 3.50. The van der Waals surface area contributed by atoms with Gasteiger partial charge in [0.15, 0.2) is 0 Å². The first-order valence-electron chi connectivity index (χ1n) is 4.97. The van der Waals surface area contributed by atoms with Gasteiger partial charge in [0.05, 0.1) is 0 Å². The van der Waals surface area contributed by atoms with Crippen molar-refractivity contribution in [3.63, 3.8) is 0 Å². The van der Waals surface area contributed by atoms with Crippen molar-refractivity contribution in [2.45, 2.75) is 52.3 Å². The second-order valence-corrected chi connectivity index (χ2v) is 4.38. The maximum Gasteiger partial charge on any atom is 0.388 e. The maximum atomic E-state index is 11.9. The van der Waals surface area contributed by atoms with Crippen molar-refractivity contribution in [2.75, 3.05) is 6.54 Å². The largest absolute Gasteiger partial charge is 0.463 e. The molecule has 0 aliphatic rings. The zero-order valence-electron chi connectivity index (χ0n) is 9.97. The van der Waals surface area contributed by atoms with Gasteiger partial charge in [0.1, 0.15) is 0 Å². The second kappa shape index (κ2) is 7.15. The van der Waals surface area contributed by atoms with Crippen molar-refractivity contribution >= 4 is 5.84 Å². The molecule has 0 aromatic rings. The molecule has 6 heteroatoms. The van der Waals surface area contributed by atoms with E-state index in [0.29, 0.717) is 12.3 Å². The molecule has 0 aromatic carbocycles. The molecule has 0 rings (SSSR count). The summed E-state index contributed by atoms with van der Waals surface area (Å²) < 4.78 is 35.8. The van der Waals surface area contributed by atoms with E-state index in [2.05, 4.69) is 10.3 Å². The van der Waals surface area contributed by atoms with Gasteiger partial charge in [-0.2, -0.15) is 13.2 Å². The van der Waals surface area contributed by atoms with Crippen molar-refractivity contribution in [1.82, 2.24) is 0 Å². The Kier molecular flexibility index (Phi) is 8.10. The molecular formula is C10H18F3N2Ni-. The summed E-state index contributed by atoms with van der Waals surface area (Å²) in [4.78, 5) is 4.15. The van der Waals surface area contributed by atoms with Gasteiger partial charge in [-0.1, -0.05) is 40.0 Å². The van der Waals surface area contributed by atoms with Gasteiger partial charge in [0.25, 0.3) is 0 Å². The minimum Gasteiger partial charge on any atom is -0.463 e. The molecule has 0 aromatic heterocycles. The minimum atomic E-state index is -4.24. The van der Waals surface area contributed by atoms with Gasteiger partial charge in [0, 0.05) is 23.0 Å². The summed E-state index contributed by atoms with van der Waals surface area (Å²) in [6.45, 7) is 6.27. The standard InChI is InChI=1S/C10H18F3N2.Ni/c1-5-6-8(15-9(2,3)4)14-7-10(11,12)13;/h5-7H2,1-4H3;/q-1;. The fourth-order valence-electron chi connectivity index (χ4n) is 0.962. The molecule has 0 amide bonds. The minimum absolute atomic E-state index is 0. The van der Waals surface area contributed by atoms with E-state index in [4.69, 9.17) is 0 Å². The van der Waals surface area contributed by atoms with E-state index in [1.54, 1.807) is 0 Å². The molecule has 100 valence electrons. The van der Waals surface area contributed by atoms with Crippen LogP contribution in [0.2, 0.25) is 0 Å². The van der Waals surface area contributed by atoms with Crippen LogP contribution in [0, 0.1) is 0 Å². The fraction of sp³-hybridized carbons (Fsp3) is 0.900. The van der Waals surface area contributed by atoms with E-state index in [1.165, 1.54) is 0 Å². The van der Waals surface area contributed by atoms with Crippen molar-refractivity contribution in [2.24, 2.45) is 4.99 Å². The molecule has 0 spiro atoms. The Morgan fingerprint density at radius 1 is 1.19 bits per heavy atom. The van der Waals surface area contributed by atoms with Crippen LogP contribution >= 0.6 is 0 Å². The van der Waals surface area contributed by atoms with E-state index in [9.17, 15) is 13.2 Å². The topological polar surface area (TPSA) is 26.5 Å². The van der Waals surface area contributed by atoms with E-state index in [1.807, 2.05) is 27.7 Å². The normalized spacial score (nSPS) is 13.3. The Bertz CT molecular complexity index is 219. The average molecular weight is 282 g/mol. The van der Waals surface area contributed by atoms with Gasteiger partial charge in [0.2, 0.25) is 0 Å². The van der Waals surface area contributed by atoms with Crippen molar-refractivity contribution in [3.05, 3.63) is 5.32 Å². The number of nitrogens with zero attached hydrogens (tertiary/aromatic N) is 2. The van der Waals surface area contributed by atoms with Crippen LogP contribution < -0.4 is 0 Å². The van der Waals surface area contributed by atoms with Gasteiger partial charge in [-0.25, -0.2) is 0 Å². The molecule has 0 saturated heterocycles. The van der Waals surface area contributed by atoms with Crippen LogP contribution in [0.1, 0.15) is 40.5 Å². The van der Waals surface area contributed by atoms with Gasteiger partial charge >= 0.3 is 6.18 Å². The molecule has 0 fully saturated rings. The van der Waals surface area contributed by atoms with E-state index >= 15 is 0 Å². The third kappa shape index (κ3) is 11.8. The van der Waals surface area contributed by atoms with Crippen LogP contribution in [0.15, 0.2) is 4.99 Å². The number of hydrogen-bond acceptors (Lipinski definition) is 1. The summed E-state index contributed by atoms with van der Waals surface area (Å²) in [5.74, 6) is 0.308. The van der Waals surface area contributed by atoms with Crippen LogP contribution in [0.3, 0.4) is 0 Å². The predicted octanol–water partition coefficient (Wildman–Crippen LogP) is 3.92. The summed E-state index contributed by atoms with van der Waals surface area (Å²) in [5.41, 5.74) is -0.375. The van der Waals surface area contributed by atoms with E-state index < -0.39 is 12.7 Å². The number of aliphatic imine (C=N–C) groups is 1. The molecule has 0 aliphatic heterocycles. The molecule has 0 bridgehead atoms. The zero-order chi connectivity index (χ0) is 12.1. The summed E-state index contributed by atoms with van der Waals surface area (Å²) >= 11 is 0. The Balaban J connectivity index is 0. The number of hydrogen-bond donors (Lipinski definition) is 0. The molecule has 0 aliphatic carbocycles. The van der Waals surface area contributed by atoms with Crippen molar-refractivity contribution in [1.29, 1.82) is 0 Å².